The van der Waals surface area contributed by atoms with Crippen molar-refractivity contribution >= 4 is 0 Å². The quantitative estimate of drug-likeness (QED) is 0.163. The molecule has 8 aromatic heterocycles. The summed E-state index contributed by atoms with van der Waals surface area (Å²) in [6.45, 7) is 91.0. The Kier molecular flexibility index (Phi) is 62.2. The van der Waals surface area contributed by atoms with Gasteiger partial charge in [-0.15, -0.1) is 0 Å². The van der Waals surface area contributed by atoms with Gasteiger partial charge in [0.15, 0.2) is 0 Å². The van der Waals surface area contributed by atoms with Gasteiger partial charge in [-0.3, -0.25) is 24.9 Å². The van der Waals surface area contributed by atoms with Crippen molar-refractivity contribution in [1.82, 2.24) is 54.8 Å². The van der Waals surface area contributed by atoms with Gasteiger partial charge in [-0.05, 0) is 285 Å². The van der Waals surface area contributed by atoms with Crippen molar-refractivity contribution in [3.05, 3.63) is 216 Å². The monoisotopic (exact) mass is 1360 g/mol. The van der Waals surface area contributed by atoms with Crippen molar-refractivity contribution in [2.45, 2.75) is 310 Å². The first-order valence-corrected chi connectivity index (χ1v) is 36.3. The van der Waals surface area contributed by atoms with E-state index in [2.05, 4.69) is 295 Å². The van der Waals surface area contributed by atoms with Crippen molar-refractivity contribution in [3.8, 4) is 0 Å². The fourth-order valence-electron chi connectivity index (χ4n) is 7.83. The van der Waals surface area contributed by atoms with Crippen LogP contribution in [0.2, 0.25) is 0 Å². The van der Waals surface area contributed by atoms with Gasteiger partial charge >= 0.3 is 0 Å². The van der Waals surface area contributed by atoms with Crippen molar-refractivity contribution in [3.63, 3.8) is 0 Å². The van der Waals surface area contributed by atoms with Crippen LogP contribution >= 0.6 is 0 Å². The highest BCUT2D eigenvalue weighted by Gasteiger charge is 2.13. The Morgan fingerprint density at radius 2 is 0.596 bits per heavy atom. The molecular formula is C88H151N11. The van der Waals surface area contributed by atoms with E-state index in [4.69, 9.17) is 0 Å². The molecule has 558 valence electrons. The van der Waals surface area contributed by atoms with Gasteiger partial charge in [-0.1, -0.05) is 164 Å². The summed E-state index contributed by atoms with van der Waals surface area (Å²) in [5.74, 6) is 6.17. The maximum Gasteiger partial charge on any atom is 0.115 e. The first-order valence-electron chi connectivity index (χ1n) is 36.3. The smallest absolute Gasteiger partial charge is 0.115 e. The summed E-state index contributed by atoms with van der Waals surface area (Å²) in [4.78, 5) is 45.0. The Morgan fingerprint density at radius 1 is 0.242 bits per heavy atom. The van der Waals surface area contributed by atoms with E-state index >= 15 is 0 Å². The molecule has 0 aliphatic heterocycles. The van der Waals surface area contributed by atoms with Crippen molar-refractivity contribution in [1.29, 1.82) is 0 Å². The Balaban J connectivity index is -0.000000240. The molecule has 0 atom stereocenters. The lowest BCUT2D eigenvalue weighted by Gasteiger charge is -2.16. The molecule has 0 aliphatic rings. The highest BCUT2D eigenvalue weighted by molar-refractivity contribution is 5.41. The average molecular weight is 1360 g/mol. The topological polar surface area (TPSA) is 142 Å². The molecule has 8 aromatic rings. The van der Waals surface area contributed by atoms with E-state index in [-0.39, 0.29) is 0 Å². The number of pyridine rings is 5. The summed E-state index contributed by atoms with van der Waals surface area (Å²) in [5.41, 5.74) is 27.5. The van der Waals surface area contributed by atoms with Crippen LogP contribution in [0.4, 0.5) is 0 Å². The van der Waals surface area contributed by atoms with Crippen molar-refractivity contribution in [2.75, 3.05) is 0 Å². The number of rotatable bonds is 2. The maximum absolute atomic E-state index is 4.56. The Hall–Kier alpha value is -7.01. The summed E-state index contributed by atoms with van der Waals surface area (Å²) in [5, 5.41) is 0. The lowest BCUT2D eigenvalue weighted by atomic mass is 9.92. The van der Waals surface area contributed by atoms with Gasteiger partial charge in [-0.2, -0.15) is 0 Å². The fraction of sp³-hybridized carbons (Fsp3) is 0.580. The van der Waals surface area contributed by atoms with Crippen LogP contribution < -0.4 is 0 Å². The van der Waals surface area contributed by atoms with Crippen LogP contribution in [0.5, 0.6) is 0 Å². The van der Waals surface area contributed by atoms with Gasteiger partial charge in [0, 0.05) is 92.1 Å². The summed E-state index contributed by atoms with van der Waals surface area (Å²) in [6.07, 6.45) is 8.20. The largest absolute Gasteiger partial charge is 0.258 e. The molecule has 8 heterocycles. The average Bonchev–Trinajstić information content (AvgIpc) is 0.822. The normalized spacial score (nSPS) is 9.69. The van der Waals surface area contributed by atoms with Gasteiger partial charge in [0.1, 0.15) is 19.0 Å². The zero-order valence-corrected chi connectivity index (χ0v) is 72.1. The molecule has 11 heteroatoms. The predicted molar refractivity (Wildman–Crippen MR) is 438 cm³/mol. The number of hydrogen-bond acceptors (Lipinski definition) is 11. The zero-order valence-electron chi connectivity index (χ0n) is 72.1. The minimum absolute atomic E-state index is 0.576. The standard InChI is InChI=1S/2C12H19N.2C8H11N.C7H9N.2C6H8N2.C5H6N2.6C4H10/c1-7(2)12-8(3)10(5)13-11(6)9(12)4;1-7(2)12-9(4)8(3)10(5)13-11(12)6;1-6-4-7(2)9-8(3)5-6;1-6-4-5-7(2)9-8(6)3;1-6-4-3-5-7(2)8-6;1-5-3-7-4-8-6(5)2;1-5-3-6(2)8-4-7-5;1-5-2-3-6-4-7-5;6*1-4(2)3/h2*7H,1-6H3;2*4-5H,1-3H3;3-5H,1-2H3;2*3-4H,1-2H3;2-4H,1H3;6*4H,1-3H3. The van der Waals surface area contributed by atoms with Crippen LogP contribution in [-0.2, 0) is 0 Å². The molecule has 0 amide bonds. The van der Waals surface area contributed by atoms with Gasteiger partial charge in [0.2, 0.25) is 0 Å². The Labute approximate surface area is 612 Å². The van der Waals surface area contributed by atoms with Crippen molar-refractivity contribution in [2.24, 2.45) is 35.5 Å². The zero-order chi connectivity index (χ0) is 78.6. The van der Waals surface area contributed by atoms with Crippen LogP contribution in [0.25, 0.3) is 0 Å². The maximum atomic E-state index is 4.56. The second-order valence-electron chi connectivity index (χ2n) is 30.2. The van der Waals surface area contributed by atoms with E-state index in [9.17, 15) is 0 Å². The summed E-state index contributed by atoms with van der Waals surface area (Å²) in [6, 6.07) is 18.1. The summed E-state index contributed by atoms with van der Waals surface area (Å²) >= 11 is 0. The molecule has 11 nitrogen and oxygen atoms in total. The fourth-order valence-corrected chi connectivity index (χ4v) is 7.83. The summed E-state index contributed by atoms with van der Waals surface area (Å²) in [7, 11) is 0. The van der Waals surface area contributed by atoms with Gasteiger partial charge in [0.25, 0.3) is 0 Å². The first kappa shape index (κ1) is 103. The van der Waals surface area contributed by atoms with Gasteiger partial charge in [0.05, 0.1) is 0 Å². The third kappa shape index (κ3) is 65.4. The molecule has 0 aromatic carbocycles. The van der Waals surface area contributed by atoms with E-state index in [0.717, 1.165) is 98.0 Å². The van der Waals surface area contributed by atoms with E-state index in [1.165, 1.54) is 73.6 Å². The highest BCUT2D eigenvalue weighted by Crippen LogP contribution is 2.27. The second-order valence-corrected chi connectivity index (χ2v) is 30.2. The molecule has 8 rings (SSSR count). The number of nitrogens with zero attached hydrogens (tertiary/aromatic N) is 11. The molecule has 0 saturated heterocycles. The molecule has 0 N–H and O–H groups in total. The molecule has 0 bridgehead atoms. The van der Waals surface area contributed by atoms with Crippen LogP contribution in [-0.4, -0.2) is 54.8 Å². The highest BCUT2D eigenvalue weighted by atomic mass is 14.8. The van der Waals surface area contributed by atoms with Gasteiger partial charge in [-0.25, -0.2) is 29.9 Å². The third-order valence-electron chi connectivity index (χ3n) is 12.2. The molecule has 0 radical (unpaired) electrons. The minimum Gasteiger partial charge on any atom is -0.258 e. The Bertz CT molecular complexity index is 3040. The van der Waals surface area contributed by atoms with E-state index in [0.29, 0.717) is 11.8 Å². The molecule has 0 unspecified atom stereocenters. The van der Waals surface area contributed by atoms with E-state index < -0.39 is 0 Å². The summed E-state index contributed by atoms with van der Waals surface area (Å²) < 4.78 is 0. The molecule has 99 heavy (non-hydrogen) atoms. The molecule has 0 fully saturated rings. The van der Waals surface area contributed by atoms with E-state index in [1.807, 2.05) is 119 Å². The Morgan fingerprint density at radius 3 is 0.859 bits per heavy atom. The number of hydrogen-bond donors (Lipinski definition) is 0. The molecule has 0 saturated carbocycles. The first-order chi connectivity index (χ1) is 45.4. The lowest BCUT2D eigenvalue weighted by Crippen LogP contribution is -2.03. The van der Waals surface area contributed by atoms with Crippen molar-refractivity contribution < 1.29 is 0 Å². The second kappa shape index (κ2) is 59.8. The SMILES string of the molecule is CC(C)C.CC(C)C.CC(C)C.CC(C)C.CC(C)C.CC(C)C.Cc1cc(C)nc(C)c1.Cc1cc(C)ncn1.Cc1ccc(C)c(C)n1.Cc1cccc(C)n1.Cc1ccncn1.Cc1cncnc1C.Cc1nc(C)c(C(C)C)c(C)c1C.Cc1nc(C)c(C)c(C(C)C)c1C. The minimum atomic E-state index is 0.576. The van der Waals surface area contributed by atoms with Crippen LogP contribution in [0.1, 0.15) is 294 Å². The van der Waals surface area contributed by atoms with E-state index in [1.54, 1.807) is 18.9 Å². The molecule has 0 aliphatic carbocycles. The van der Waals surface area contributed by atoms with Gasteiger partial charge < -0.3 is 0 Å². The lowest BCUT2D eigenvalue weighted by molar-refractivity contribution is 0.736. The number of aryl methyl sites for hydroxylation is 17. The van der Waals surface area contributed by atoms with Crippen LogP contribution in [0.15, 0.2) is 86.0 Å². The predicted octanol–water partition coefficient (Wildman–Crippen LogP) is 25.5. The molecular weight excluding hydrogens is 1210 g/mol. The van der Waals surface area contributed by atoms with Crippen LogP contribution in [0.3, 0.4) is 0 Å². The third-order valence-corrected chi connectivity index (χ3v) is 12.2. The molecule has 0 spiro atoms. The number of aromatic nitrogens is 11. The van der Waals surface area contributed by atoms with Crippen LogP contribution in [0, 0.1) is 181 Å².